The molecule has 1 rings (SSSR count). The average Bonchev–Trinajstić information content (AvgIpc) is 2.01. The minimum Gasteiger partial charge on any atom is -0.324 e. The van der Waals surface area contributed by atoms with E-state index in [1.807, 2.05) is 13.8 Å². The molecule has 0 fully saturated rings. The van der Waals surface area contributed by atoms with Crippen LogP contribution < -0.4 is 11.5 Å². The summed E-state index contributed by atoms with van der Waals surface area (Å²) < 4.78 is 0. The number of hydrogen-bond donors (Lipinski definition) is 2. The molecular weight excluding hydrogens is 172 g/mol. The Balaban J connectivity index is 3.08. The van der Waals surface area contributed by atoms with Crippen LogP contribution in [0.4, 0.5) is 0 Å². The summed E-state index contributed by atoms with van der Waals surface area (Å²) in [6.45, 7) is 8.07. The Bertz CT molecular complexity index is 324. The third-order valence-electron chi connectivity index (χ3n) is 2.56. The number of rotatable bonds is 2. The first-order chi connectivity index (χ1) is 6.32. The molecule has 4 N–H and O–H groups in total. The summed E-state index contributed by atoms with van der Waals surface area (Å²) in [5.74, 6) is 0. The van der Waals surface area contributed by atoms with Gasteiger partial charge in [0.2, 0.25) is 0 Å². The fourth-order valence-electron chi connectivity index (χ4n) is 1.58. The van der Waals surface area contributed by atoms with E-state index in [2.05, 4.69) is 32.0 Å². The average molecular weight is 192 g/mol. The van der Waals surface area contributed by atoms with Crippen molar-refractivity contribution in [3.8, 4) is 0 Å². The maximum absolute atomic E-state index is 6.10. The van der Waals surface area contributed by atoms with Crippen LogP contribution in [0.1, 0.15) is 36.6 Å². The predicted molar refractivity (Wildman–Crippen MR) is 61.1 cm³/mol. The highest BCUT2D eigenvalue weighted by molar-refractivity contribution is 5.34. The highest BCUT2D eigenvalue weighted by Crippen LogP contribution is 2.24. The van der Waals surface area contributed by atoms with E-state index in [9.17, 15) is 0 Å². The Hall–Kier alpha value is -0.860. The molecule has 0 aliphatic rings. The van der Waals surface area contributed by atoms with Gasteiger partial charge in [-0.3, -0.25) is 0 Å². The molecule has 0 spiro atoms. The molecule has 0 radical (unpaired) electrons. The molecule has 0 saturated carbocycles. The normalized spacial score (nSPS) is 14.1. The van der Waals surface area contributed by atoms with Crippen LogP contribution in [0.3, 0.4) is 0 Å². The zero-order valence-corrected chi connectivity index (χ0v) is 9.46. The van der Waals surface area contributed by atoms with Gasteiger partial charge in [0.15, 0.2) is 0 Å². The van der Waals surface area contributed by atoms with Crippen molar-refractivity contribution in [2.24, 2.45) is 11.5 Å². The van der Waals surface area contributed by atoms with Gasteiger partial charge < -0.3 is 11.5 Å². The molecular formula is C12H20N2. The molecule has 78 valence electrons. The van der Waals surface area contributed by atoms with Crippen molar-refractivity contribution in [1.29, 1.82) is 0 Å². The number of benzene rings is 1. The summed E-state index contributed by atoms with van der Waals surface area (Å²) in [5.41, 5.74) is 15.3. The van der Waals surface area contributed by atoms with Gasteiger partial charge in [-0.25, -0.2) is 0 Å². The van der Waals surface area contributed by atoms with Crippen LogP contribution in [-0.4, -0.2) is 5.54 Å². The summed E-state index contributed by atoms with van der Waals surface area (Å²) in [7, 11) is 0. The van der Waals surface area contributed by atoms with Crippen molar-refractivity contribution in [2.45, 2.75) is 39.3 Å². The van der Waals surface area contributed by atoms with Crippen molar-refractivity contribution in [1.82, 2.24) is 0 Å². The minimum atomic E-state index is -0.375. The topological polar surface area (TPSA) is 52.0 Å². The van der Waals surface area contributed by atoms with Crippen molar-refractivity contribution < 1.29 is 0 Å². The lowest BCUT2D eigenvalue weighted by atomic mass is 9.87. The molecule has 0 heterocycles. The third-order valence-corrected chi connectivity index (χ3v) is 2.56. The molecule has 0 bridgehead atoms. The lowest BCUT2D eigenvalue weighted by Crippen LogP contribution is -2.44. The fourth-order valence-corrected chi connectivity index (χ4v) is 1.58. The van der Waals surface area contributed by atoms with E-state index >= 15 is 0 Å². The fraction of sp³-hybridized carbons (Fsp3) is 0.500. The van der Waals surface area contributed by atoms with Gasteiger partial charge in [-0.05, 0) is 38.8 Å². The summed E-state index contributed by atoms with van der Waals surface area (Å²) >= 11 is 0. The van der Waals surface area contributed by atoms with Crippen molar-refractivity contribution >= 4 is 0 Å². The summed E-state index contributed by atoms with van der Waals surface area (Å²) in [6.07, 6.45) is 0. The van der Waals surface area contributed by atoms with Gasteiger partial charge in [0.05, 0.1) is 0 Å². The van der Waals surface area contributed by atoms with Crippen LogP contribution >= 0.6 is 0 Å². The summed E-state index contributed by atoms with van der Waals surface area (Å²) in [6, 6.07) is 6.18. The van der Waals surface area contributed by atoms with E-state index in [0.29, 0.717) is 0 Å². The molecule has 1 atom stereocenters. The van der Waals surface area contributed by atoms with Gasteiger partial charge in [0.1, 0.15) is 0 Å². The van der Waals surface area contributed by atoms with E-state index < -0.39 is 0 Å². The maximum Gasteiger partial charge on any atom is 0.0475 e. The molecule has 0 aliphatic heterocycles. The Labute approximate surface area is 86.3 Å². The van der Waals surface area contributed by atoms with Crippen molar-refractivity contribution in [3.63, 3.8) is 0 Å². The van der Waals surface area contributed by atoms with Gasteiger partial charge >= 0.3 is 0 Å². The van der Waals surface area contributed by atoms with Crippen LogP contribution in [0.2, 0.25) is 0 Å². The Morgan fingerprint density at radius 3 is 2.21 bits per heavy atom. The Morgan fingerprint density at radius 2 is 1.79 bits per heavy atom. The minimum absolute atomic E-state index is 0.108. The first kappa shape index (κ1) is 11.2. The van der Waals surface area contributed by atoms with E-state index in [4.69, 9.17) is 11.5 Å². The zero-order valence-electron chi connectivity index (χ0n) is 9.46. The predicted octanol–water partition coefficient (Wildman–Crippen LogP) is 2.04. The number of nitrogens with two attached hydrogens (primary N) is 2. The Morgan fingerprint density at radius 1 is 1.21 bits per heavy atom. The molecule has 1 aromatic carbocycles. The Kier molecular flexibility index (Phi) is 2.98. The maximum atomic E-state index is 6.10. The molecule has 2 nitrogen and oxygen atoms in total. The standard InChI is InChI=1S/C12H20N2/c1-8-5-6-10(9(2)7-8)11(13)12(3,4)14/h5-7,11H,13-14H2,1-4H3. The van der Waals surface area contributed by atoms with Gasteiger partial charge in [0.25, 0.3) is 0 Å². The highest BCUT2D eigenvalue weighted by Gasteiger charge is 2.23. The van der Waals surface area contributed by atoms with Crippen molar-refractivity contribution in [2.75, 3.05) is 0 Å². The largest absolute Gasteiger partial charge is 0.324 e. The summed E-state index contributed by atoms with van der Waals surface area (Å²) in [4.78, 5) is 0. The van der Waals surface area contributed by atoms with Gasteiger partial charge in [-0.15, -0.1) is 0 Å². The smallest absolute Gasteiger partial charge is 0.0475 e. The molecule has 1 aromatic rings. The lowest BCUT2D eigenvalue weighted by Gasteiger charge is -2.28. The van der Waals surface area contributed by atoms with Crippen molar-refractivity contribution in [3.05, 3.63) is 34.9 Å². The molecule has 0 aliphatic carbocycles. The molecule has 0 aromatic heterocycles. The first-order valence-corrected chi connectivity index (χ1v) is 4.94. The second-order valence-corrected chi connectivity index (χ2v) is 4.66. The van der Waals surface area contributed by atoms with E-state index in [1.165, 1.54) is 11.1 Å². The lowest BCUT2D eigenvalue weighted by molar-refractivity contribution is 0.419. The monoisotopic (exact) mass is 192 g/mol. The second kappa shape index (κ2) is 3.71. The van der Waals surface area contributed by atoms with Crippen LogP contribution in [0.15, 0.2) is 18.2 Å². The quantitative estimate of drug-likeness (QED) is 0.753. The zero-order chi connectivity index (χ0) is 10.9. The van der Waals surface area contributed by atoms with Gasteiger partial charge in [0, 0.05) is 11.6 Å². The van der Waals surface area contributed by atoms with E-state index in [0.717, 1.165) is 5.56 Å². The second-order valence-electron chi connectivity index (χ2n) is 4.66. The molecule has 0 amide bonds. The van der Waals surface area contributed by atoms with Gasteiger partial charge in [-0.2, -0.15) is 0 Å². The molecule has 2 heteroatoms. The van der Waals surface area contributed by atoms with Crippen LogP contribution in [0.5, 0.6) is 0 Å². The van der Waals surface area contributed by atoms with Gasteiger partial charge in [-0.1, -0.05) is 23.8 Å². The van der Waals surface area contributed by atoms with E-state index in [-0.39, 0.29) is 11.6 Å². The molecule has 0 saturated heterocycles. The number of aryl methyl sites for hydroxylation is 2. The summed E-state index contributed by atoms with van der Waals surface area (Å²) in [5, 5.41) is 0. The SMILES string of the molecule is Cc1ccc(C(N)C(C)(C)N)c(C)c1. The molecule has 1 unspecified atom stereocenters. The van der Waals surface area contributed by atoms with Crippen LogP contribution in [0.25, 0.3) is 0 Å². The van der Waals surface area contributed by atoms with E-state index in [1.54, 1.807) is 0 Å². The third kappa shape index (κ3) is 2.34. The van der Waals surface area contributed by atoms with Crippen LogP contribution in [-0.2, 0) is 0 Å². The number of hydrogen-bond acceptors (Lipinski definition) is 2. The highest BCUT2D eigenvalue weighted by atomic mass is 14.8. The first-order valence-electron chi connectivity index (χ1n) is 4.94. The molecule has 14 heavy (non-hydrogen) atoms. The van der Waals surface area contributed by atoms with Crippen LogP contribution in [0, 0.1) is 13.8 Å².